The summed E-state index contributed by atoms with van der Waals surface area (Å²) in [4.78, 5) is 41.3. The average molecular weight is 555 g/mol. The van der Waals surface area contributed by atoms with E-state index in [1.54, 1.807) is 34.6 Å². The summed E-state index contributed by atoms with van der Waals surface area (Å²) in [7, 11) is 0. The summed E-state index contributed by atoms with van der Waals surface area (Å²) in [6.45, 7) is 8.73. The summed E-state index contributed by atoms with van der Waals surface area (Å²) in [5, 5.41) is 12.2. The van der Waals surface area contributed by atoms with Gasteiger partial charge in [0.1, 0.15) is 30.6 Å². The van der Waals surface area contributed by atoms with Gasteiger partial charge in [-0.2, -0.15) is 5.06 Å². The molecular formula is C30H38N2O8. The van der Waals surface area contributed by atoms with Crippen molar-refractivity contribution < 1.29 is 38.5 Å². The lowest BCUT2D eigenvalue weighted by Gasteiger charge is -2.39. The van der Waals surface area contributed by atoms with E-state index in [2.05, 4.69) is 0 Å². The van der Waals surface area contributed by atoms with E-state index >= 15 is 0 Å². The van der Waals surface area contributed by atoms with Crippen molar-refractivity contribution in [3.8, 4) is 0 Å². The summed E-state index contributed by atoms with van der Waals surface area (Å²) in [6.07, 6.45) is -0.707. The van der Waals surface area contributed by atoms with Crippen LogP contribution in [0.2, 0.25) is 0 Å². The molecule has 2 aromatic carbocycles. The van der Waals surface area contributed by atoms with E-state index < -0.39 is 53.4 Å². The zero-order valence-electron chi connectivity index (χ0n) is 23.6. The molecular weight excluding hydrogens is 516 g/mol. The third-order valence-corrected chi connectivity index (χ3v) is 7.04. The zero-order valence-corrected chi connectivity index (χ0v) is 23.6. The lowest BCUT2D eigenvalue weighted by Crippen LogP contribution is -2.58. The molecule has 2 fully saturated rings. The second-order valence-electron chi connectivity index (χ2n) is 11.6. The SMILES string of the molecule is CC(C)(C)OC(=O)N1[C@@H]([C@H]2[C@@H](C(=O)OCc3ccccc3)C[C@H](C(=O)OCc3ccccc3)N2O)COC1(C)C. The predicted molar refractivity (Wildman–Crippen MR) is 144 cm³/mol. The largest absolute Gasteiger partial charge is 0.461 e. The maximum atomic E-state index is 13.5. The van der Waals surface area contributed by atoms with Crippen LogP contribution < -0.4 is 0 Å². The summed E-state index contributed by atoms with van der Waals surface area (Å²) in [5.41, 5.74) is -0.285. The fourth-order valence-electron chi connectivity index (χ4n) is 5.18. The molecule has 2 aliphatic rings. The van der Waals surface area contributed by atoms with Crippen LogP contribution in [0.5, 0.6) is 0 Å². The van der Waals surface area contributed by atoms with Crippen molar-refractivity contribution in [2.75, 3.05) is 6.61 Å². The molecule has 2 aliphatic heterocycles. The Morgan fingerprint density at radius 3 is 1.98 bits per heavy atom. The number of hydrogen-bond donors (Lipinski definition) is 1. The topological polar surface area (TPSA) is 115 Å². The highest BCUT2D eigenvalue weighted by Gasteiger charge is 2.58. The van der Waals surface area contributed by atoms with Crippen LogP contribution >= 0.6 is 0 Å². The Kier molecular flexibility index (Phi) is 8.82. The van der Waals surface area contributed by atoms with Crippen LogP contribution in [0.3, 0.4) is 0 Å². The van der Waals surface area contributed by atoms with Gasteiger partial charge in [-0.25, -0.2) is 4.79 Å². The highest BCUT2D eigenvalue weighted by molar-refractivity contribution is 5.81. The molecule has 1 N–H and O–H groups in total. The molecule has 2 saturated heterocycles. The molecule has 4 rings (SSSR count). The molecule has 2 aromatic rings. The molecule has 0 spiro atoms. The quantitative estimate of drug-likeness (QED) is 0.395. The second kappa shape index (κ2) is 12.0. The van der Waals surface area contributed by atoms with Gasteiger partial charge < -0.3 is 24.2 Å². The van der Waals surface area contributed by atoms with Crippen LogP contribution in [-0.2, 0) is 41.8 Å². The van der Waals surface area contributed by atoms with Crippen molar-refractivity contribution in [1.29, 1.82) is 0 Å². The van der Waals surface area contributed by atoms with Crippen LogP contribution in [-0.4, -0.2) is 69.3 Å². The second-order valence-corrected chi connectivity index (χ2v) is 11.6. The van der Waals surface area contributed by atoms with E-state index in [1.165, 1.54) is 4.90 Å². The molecule has 10 heteroatoms. The summed E-state index contributed by atoms with van der Waals surface area (Å²) in [5.74, 6) is -2.23. The molecule has 10 nitrogen and oxygen atoms in total. The first-order chi connectivity index (χ1) is 18.9. The fraction of sp³-hybridized carbons (Fsp3) is 0.500. The average Bonchev–Trinajstić information content (AvgIpc) is 3.41. The van der Waals surface area contributed by atoms with Crippen LogP contribution in [0.25, 0.3) is 0 Å². The summed E-state index contributed by atoms with van der Waals surface area (Å²) >= 11 is 0. The minimum Gasteiger partial charge on any atom is -0.461 e. The van der Waals surface area contributed by atoms with Gasteiger partial charge in [0.15, 0.2) is 0 Å². The van der Waals surface area contributed by atoms with Crippen molar-refractivity contribution in [3.05, 3.63) is 71.8 Å². The Balaban J connectivity index is 1.58. The van der Waals surface area contributed by atoms with Crippen LogP contribution in [0.15, 0.2) is 60.7 Å². The Morgan fingerprint density at radius 2 is 1.45 bits per heavy atom. The van der Waals surface area contributed by atoms with Gasteiger partial charge in [0.2, 0.25) is 0 Å². The first-order valence-corrected chi connectivity index (χ1v) is 13.4. The van der Waals surface area contributed by atoms with Crippen LogP contribution in [0, 0.1) is 5.92 Å². The van der Waals surface area contributed by atoms with E-state index in [0.29, 0.717) is 0 Å². The van der Waals surface area contributed by atoms with Gasteiger partial charge in [-0.3, -0.25) is 14.5 Å². The number of hydrogen-bond acceptors (Lipinski definition) is 9. The molecule has 1 amide bonds. The van der Waals surface area contributed by atoms with Crippen LogP contribution in [0.1, 0.15) is 52.2 Å². The molecule has 0 radical (unpaired) electrons. The van der Waals surface area contributed by atoms with Gasteiger partial charge >= 0.3 is 18.0 Å². The molecule has 216 valence electrons. The van der Waals surface area contributed by atoms with E-state index in [1.807, 2.05) is 60.7 Å². The smallest absolute Gasteiger partial charge is 0.412 e. The lowest BCUT2D eigenvalue weighted by atomic mass is 9.93. The van der Waals surface area contributed by atoms with E-state index in [9.17, 15) is 19.6 Å². The number of benzene rings is 2. The van der Waals surface area contributed by atoms with Gasteiger partial charge in [0.05, 0.1) is 24.6 Å². The molecule has 4 atom stereocenters. The Bertz CT molecular complexity index is 1180. The Morgan fingerprint density at radius 1 is 0.925 bits per heavy atom. The van der Waals surface area contributed by atoms with Crippen molar-refractivity contribution in [2.24, 2.45) is 5.92 Å². The number of nitrogens with zero attached hydrogens (tertiary/aromatic N) is 2. The maximum Gasteiger partial charge on any atom is 0.412 e. The standard InChI is InChI=1S/C30H38N2O8/c1-29(2,3)40-28(35)31-24(19-39-30(31,4)5)25-22(26(33)37-17-20-12-8-6-9-13-20)16-23(32(25)36)27(34)38-18-21-14-10-7-11-15-21/h6-15,22-25,36H,16-19H2,1-5H3/t22-,23+,24+,25+/m0/s1. The molecule has 0 unspecified atom stereocenters. The summed E-state index contributed by atoms with van der Waals surface area (Å²) in [6, 6.07) is 15.4. The van der Waals surface area contributed by atoms with E-state index in [0.717, 1.165) is 16.2 Å². The number of hydroxylamine groups is 2. The number of rotatable bonds is 7. The van der Waals surface area contributed by atoms with E-state index in [-0.39, 0.29) is 26.2 Å². The Labute approximate surface area is 234 Å². The highest BCUT2D eigenvalue weighted by Crippen LogP contribution is 2.40. The van der Waals surface area contributed by atoms with Gasteiger partial charge in [0.25, 0.3) is 0 Å². The predicted octanol–water partition coefficient (Wildman–Crippen LogP) is 4.29. The van der Waals surface area contributed by atoms with Crippen molar-refractivity contribution in [3.63, 3.8) is 0 Å². The minimum atomic E-state index is -1.15. The van der Waals surface area contributed by atoms with Gasteiger partial charge in [-0.05, 0) is 52.2 Å². The third kappa shape index (κ3) is 6.80. The number of ether oxygens (including phenoxy) is 4. The van der Waals surface area contributed by atoms with Crippen LogP contribution in [0.4, 0.5) is 4.79 Å². The molecule has 40 heavy (non-hydrogen) atoms. The number of carbonyl (C=O) groups is 3. The van der Waals surface area contributed by atoms with Gasteiger partial charge in [-0.15, -0.1) is 0 Å². The lowest BCUT2D eigenvalue weighted by molar-refractivity contribution is -0.185. The van der Waals surface area contributed by atoms with Crippen molar-refractivity contribution in [2.45, 2.75) is 83.7 Å². The monoisotopic (exact) mass is 554 g/mol. The number of amides is 1. The van der Waals surface area contributed by atoms with Crippen molar-refractivity contribution >= 4 is 18.0 Å². The normalized spacial score (nSPS) is 24.5. The highest BCUT2D eigenvalue weighted by atomic mass is 16.6. The maximum absolute atomic E-state index is 13.5. The molecule has 0 bridgehead atoms. The van der Waals surface area contributed by atoms with E-state index in [4.69, 9.17) is 18.9 Å². The van der Waals surface area contributed by atoms with Gasteiger partial charge in [0, 0.05) is 0 Å². The summed E-state index contributed by atoms with van der Waals surface area (Å²) < 4.78 is 22.7. The molecule has 0 aromatic heterocycles. The minimum absolute atomic E-state index is 0.0153. The van der Waals surface area contributed by atoms with Gasteiger partial charge in [-0.1, -0.05) is 60.7 Å². The third-order valence-electron chi connectivity index (χ3n) is 7.04. The molecule has 2 heterocycles. The fourth-order valence-corrected chi connectivity index (χ4v) is 5.18. The molecule has 0 aliphatic carbocycles. The Hall–Kier alpha value is -3.47. The molecule has 0 saturated carbocycles. The zero-order chi connectivity index (χ0) is 29.1. The first-order valence-electron chi connectivity index (χ1n) is 13.4. The number of esters is 2. The first kappa shape index (κ1) is 29.5. The number of carbonyl (C=O) groups excluding carboxylic acids is 3. The van der Waals surface area contributed by atoms with Crippen molar-refractivity contribution in [1.82, 2.24) is 9.96 Å².